The fourth-order valence-electron chi connectivity index (χ4n) is 3.11. The quantitative estimate of drug-likeness (QED) is 0.712. The molecule has 3 aromatic rings. The third-order valence-electron chi connectivity index (χ3n) is 4.41. The summed E-state index contributed by atoms with van der Waals surface area (Å²) in [6, 6.07) is 12.1. The van der Waals surface area contributed by atoms with Gasteiger partial charge in [0.2, 0.25) is 0 Å². The number of hydrogen-bond donors (Lipinski definition) is 2. The third kappa shape index (κ3) is 3.93. The summed E-state index contributed by atoms with van der Waals surface area (Å²) in [6.07, 6.45) is 5.41. The van der Waals surface area contributed by atoms with Crippen molar-refractivity contribution in [1.29, 1.82) is 0 Å². The largest absolute Gasteiger partial charge is 0.372 e. The molecule has 4 rings (SSSR count). The summed E-state index contributed by atoms with van der Waals surface area (Å²) in [5.41, 5.74) is 2.27. The molecule has 1 aromatic carbocycles. The van der Waals surface area contributed by atoms with Crippen molar-refractivity contribution in [2.75, 3.05) is 28.6 Å². The van der Waals surface area contributed by atoms with Crippen LogP contribution in [0.2, 0.25) is 0 Å². The van der Waals surface area contributed by atoms with Gasteiger partial charge in [-0.2, -0.15) is 0 Å². The van der Waals surface area contributed by atoms with Crippen LogP contribution in [-0.4, -0.2) is 28.2 Å². The van der Waals surface area contributed by atoms with Crippen molar-refractivity contribution in [3.05, 3.63) is 48.5 Å². The summed E-state index contributed by atoms with van der Waals surface area (Å²) in [5.74, 6) is 2.74. The minimum Gasteiger partial charge on any atom is -0.372 e. The molecule has 0 radical (unpaired) electrons. The third-order valence-corrected chi connectivity index (χ3v) is 4.41. The molecule has 1 aliphatic heterocycles. The van der Waals surface area contributed by atoms with Crippen LogP contribution in [0.25, 0.3) is 0 Å². The molecule has 2 aromatic heterocycles. The van der Waals surface area contributed by atoms with Crippen molar-refractivity contribution in [3.8, 4) is 0 Å². The average molecular weight is 350 g/mol. The first-order valence-electron chi connectivity index (χ1n) is 8.91. The number of nitrogens with zero attached hydrogens (tertiary/aromatic N) is 4. The Balaban J connectivity index is 1.42. The predicted molar refractivity (Wildman–Crippen MR) is 102 cm³/mol. The Kier molecular flexibility index (Phi) is 4.68. The second-order valence-electron chi connectivity index (χ2n) is 6.46. The monoisotopic (exact) mass is 350 g/mol. The normalized spacial score (nSPS) is 14.3. The lowest BCUT2D eigenvalue weighted by molar-refractivity contribution is 0.400. The summed E-state index contributed by atoms with van der Waals surface area (Å²) in [7, 11) is 0. The molecule has 0 bridgehead atoms. The highest BCUT2D eigenvalue weighted by Crippen LogP contribution is 2.24. The Labute approximate surface area is 152 Å². The van der Waals surface area contributed by atoms with Crippen LogP contribution >= 0.6 is 0 Å². The van der Waals surface area contributed by atoms with Gasteiger partial charge in [0.1, 0.15) is 23.7 Å². The lowest BCUT2D eigenvalue weighted by atomic mass is 10.1. The molecule has 1 fully saturated rings. The first-order chi connectivity index (χ1) is 12.8. The van der Waals surface area contributed by atoms with E-state index < -0.39 is 0 Å². The van der Waals surface area contributed by atoms with E-state index >= 15 is 0 Å². The molecule has 7 nitrogen and oxygen atoms in total. The van der Waals surface area contributed by atoms with Crippen molar-refractivity contribution in [1.82, 2.24) is 15.1 Å². The maximum absolute atomic E-state index is 5.05. The molecule has 0 spiro atoms. The fraction of sp³-hybridized carbons (Fsp3) is 0.316. The van der Waals surface area contributed by atoms with E-state index in [0.717, 1.165) is 24.5 Å². The zero-order valence-electron chi connectivity index (χ0n) is 14.8. The van der Waals surface area contributed by atoms with Gasteiger partial charge in [-0.05, 0) is 50.5 Å². The Bertz CT molecular complexity index is 854. The van der Waals surface area contributed by atoms with Crippen LogP contribution < -0.4 is 15.5 Å². The highest BCUT2D eigenvalue weighted by molar-refractivity contribution is 5.63. The van der Waals surface area contributed by atoms with Crippen molar-refractivity contribution in [3.63, 3.8) is 0 Å². The van der Waals surface area contributed by atoms with E-state index in [1.165, 1.54) is 31.3 Å². The number of piperidine rings is 1. The van der Waals surface area contributed by atoms with Crippen LogP contribution in [0, 0.1) is 6.92 Å². The summed E-state index contributed by atoms with van der Waals surface area (Å²) in [4.78, 5) is 10.9. The van der Waals surface area contributed by atoms with Gasteiger partial charge in [0.15, 0.2) is 5.82 Å². The van der Waals surface area contributed by atoms with Gasteiger partial charge in [-0.3, -0.25) is 0 Å². The van der Waals surface area contributed by atoms with E-state index in [1.807, 2.05) is 19.1 Å². The zero-order valence-corrected chi connectivity index (χ0v) is 14.8. The smallest absolute Gasteiger partial charge is 0.175 e. The van der Waals surface area contributed by atoms with Gasteiger partial charge >= 0.3 is 0 Å². The minimum absolute atomic E-state index is 0.623. The number of rotatable bonds is 5. The molecule has 0 unspecified atom stereocenters. The summed E-state index contributed by atoms with van der Waals surface area (Å²) in [6.45, 7) is 4.14. The second kappa shape index (κ2) is 7.43. The Morgan fingerprint density at radius 1 is 0.885 bits per heavy atom. The molecule has 3 heterocycles. The van der Waals surface area contributed by atoms with Gasteiger partial charge < -0.3 is 20.1 Å². The Morgan fingerprint density at radius 3 is 2.31 bits per heavy atom. The van der Waals surface area contributed by atoms with Crippen LogP contribution in [0.3, 0.4) is 0 Å². The number of aromatic nitrogens is 3. The van der Waals surface area contributed by atoms with Gasteiger partial charge in [-0.25, -0.2) is 9.97 Å². The van der Waals surface area contributed by atoms with E-state index in [2.05, 4.69) is 54.9 Å². The molecule has 1 aliphatic rings. The minimum atomic E-state index is 0.623. The first-order valence-corrected chi connectivity index (χ1v) is 8.91. The molecule has 134 valence electrons. The molecule has 0 saturated carbocycles. The molecule has 0 atom stereocenters. The van der Waals surface area contributed by atoms with Crippen LogP contribution in [0.5, 0.6) is 0 Å². The highest BCUT2D eigenvalue weighted by atomic mass is 16.5. The topological polar surface area (TPSA) is 79.1 Å². The zero-order chi connectivity index (χ0) is 17.8. The molecule has 0 amide bonds. The predicted octanol–water partition coefficient (Wildman–Crippen LogP) is 4.25. The van der Waals surface area contributed by atoms with E-state index in [0.29, 0.717) is 17.5 Å². The van der Waals surface area contributed by atoms with Gasteiger partial charge in [0.05, 0.1) is 0 Å². The highest BCUT2D eigenvalue weighted by Gasteiger charge is 2.10. The van der Waals surface area contributed by atoms with Gasteiger partial charge in [-0.1, -0.05) is 5.16 Å². The van der Waals surface area contributed by atoms with E-state index in [1.54, 1.807) is 0 Å². The Hall–Kier alpha value is -3.09. The molecule has 1 saturated heterocycles. The number of anilines is 5. The summed E-state index contributed by atoms with van der Waals surface area (Å²) in [5, 5.41) is 10.3. The van der Waals surface area contributed by atoms with Crippen molar-refractivity contribution in [2.24, 2.45) is 0 Å². The van der Waals surface area contributed by atoms with Crippen molar-refractivity contribution >= 4 is 28.8 Å². The molecular formula is C19H22N6O. The number of nitrogens with one attached hydrogen (secondary N) is 2. The number of hydrogen-bond acceptors (Lipinski definition) is 7. The molecule has 26 heavy (non-hydrogen) atoms. The van der Waals surface area contributed by atoms with E-state index in [9.17, 15) is 0 Å². The van der Waals surface area contributed by atoms with Crippen LogP contribution in [0.1, 0.15) is 25.0 Å². The van der Waals surface area contributed by atoms with Crippen LogP contribution in [0.4, 0.5) is 28.8 Å². The van der Waals surface area contributed by atoms with Gasteiger partial charge in [0.25, 0.3) is 0 Å². The number of aryl methyl sites for hydroxylation is 1. The molecule has 2 N–H and O–H groups in total. The molecule has 7 heteroatoms. The summed E-state index contributed by atoms with van der Waals surface area (Å²) < 4.78 is 5.05. The SMILES string of the molecule is Cc1cc(Nc2cc(Nc3ccc(N4CCCCC4)cc3)ncn2)no1. The summed E-state index contributed by atoms with van der Waals surface area (Å²) >= 11 is 0. The van der Waals surface area contributed by atoms with Crippen molar-refractivity contribution < 1.29 is 4.52 Å². The molecule has 0 aliphatic carbocycles. The van der Waals surface area contributed by atoms with Crippen LogP contribution in [-0.2, 0) is 0 Å². The van der Waals surface area contributed by atoms with Gasteiger partial charge in [0, 0.05) is 36.6 Å². The maximum Gasteiger partial charge on any atom is 0.175 e. The maximum atomic E-state index is 5.05. The van der Waals surface area contributed by atoms with Crippen molar-refractivity contribution in [2.45, 2.75) is 26.2 Å². The number of benzene rings is 1. The second-order valence-corrected chi connectivity index (χ2v) is 6.46. The standard InChI is InChI=1S/C19H22N6O/c1-14-11-19(24-26-14)23-18-12-17(20-13-21-18)22-15-5-7-16(8-6-15)25-9-3-2-4-10-25/h5-8,11-13H,2-4,9-10H2,1H3,(H2,20,21,22,23,24). The lowest BCUT2D eigenvalue weighted by Gasteiger charge is -2.28. The Morgan fingerprint density at radius 2 is 1.62 bits per heavy atom. The van der Waals surface area contributed by atoms with E-state index in [-0.39, 0.29) is 0 Å². The van der Waals surface area contributed by atoms with Crippen LogP contribution in [0.15, 0.2) is 47.2 Å². The first kappa shape index (κ1) is 16.4. The fourth-order valence-corrected chi connectivity index (χ4v) is 3.11. The average Bonchev–Trinajstić information content (AvgIpc) is 3.08. The van der Waals surface area contributed by atoms with Gasteiger partial charge in [-0.15, -0.1) is 0 Å². The van der Waals surface area contributed by atoms with E-state index in [4.69, 9.17) is 4.52 Å². The molecular weight excluding hydrogens is 328 g/mol. The lowest BCUT2D eigenvalue weighted by Crippen LogP contribution is -2.29.